The summed E-state index contributed by atoms with van der Waals surface area (Å²) in [7, 11) is 0. The van der Waals surface area contributed by atoms with E-state index in [9.17, 15) is 14.4 Å². The lowest BCUT2D eigenvalue weighted by Gasteiger charge is -2.18. The number of carbonyl (C=O) groups excluding carboxylic acids is 3. The van der Waals surface area contributed by atoms with Crippen LogP contribution in [-0.2, 0) is 28.6 Å². The first kappa shape index (κ1) is 66.1. The van der Waals surface area contributed by atoms with Crippen LogP contribution < -0.4 is 0 Å². The molecule has 0 amide bonds. The molecule has 6 heteroatoms. The fraction of sp³-hybridized carbons (Fsp3) is 0.794. The quantitative estimate of drug-likeness (QED) is 0.0262. The van der Waals surface area contributed by atoms with Gasteiger partial charge in [0.1, 0.15) is 13.2 Å². The van der Waals surface area contributed by atoms with E-state index < -0.39 is 6.10 Å². The molecule has 400 valence electrons. The summed E-state index contributed by atoms with van der Waals surface area (Å²) in [5, 5.41) is 0. The Kier molecular flexibility index (Phi) is 55.3. The molecule has 0 aromatic carbocycles. The fourth-order valence-electron chi connectivity index (χ4n) is 8.48. The van der Waals surface area contributed by atoms with Crippen molar-refractivity contribution in [3.63, 3.8) is 0 Å². The van der Waals surface area contributed by atoms with Crippen molar-refractivity contribution in [2.75, 3.05) is 13.2 Å². The van der Waals surface area contributed by atoms with Crippen LogP contribution in [0.25, 0.3) is 0 Å². The first-order valence-electron chi connectivity index (χ1n) is 29.8. The molecule has 1 atom stereocenters. The van der Waals surface area contributed by atoms with Crippen molar-refractivity contribution in [2.45, 2.75) is 309 Å². The van der Waals surface area contributed by atoms with Crippen LogP contribution in [-0.4, -0.2) is 37.2 Å². The summed E-state index contributed by atoms with van der Waals surface area (Å²) in [6.07, 6.45) is 72.0. The van der Waals surface area contributed by atoms with Crippen LogP contribution in [0.5, 0.6) is 0 Å². The standard InChI is InChI=1S/C63H112O6/c1-4-7-10-13-16-19-22-25-28-30-32-34-35-38-41-44-47-50-53-56-62(65)68-59-60(58-67-61(64)55-52-49-46-43-40-37-27-24-21-18-15-12-9-6-3)69-63(66)57-54-51-48-45-42-39-36-33-31-29-26-23-20-17-14-11-8-5-2/h16,19-20,23,25,28-29,31-32,34,60H,4-15,17-18,21-22,24,26-27,30,33,35-59H2,1-3H3/b19-16-,23-20-,28-25-,31-29-,34-32-. The lowest BCUT2D eigenvalue weighted by atomic mass is 10.0. The highest BCUT2D eigenvalue weighted by Crippen LogP contribution is 2.16. The Hall–Kier alpha value is -2.89. The number of ether oxygens (including phenoxy) is 3. The van der Waals surface area contributed by atoms with Gasteiger partial charge in [-0.2, -0.15) is 0 Å². The molecule has 0 spiro atoms. The highest BCUT2D eigenvalue weighted by Gasteiger charge is 2.19. The van der Waals surface area contributed by atoms with Gasteiger partial charge < -0.3 is 14.2 Å². The lowest BCUT2D eigenvalue weighted by molar-refractivity contribution is -0.167. The molecular weight excluding hydrogens is 853 g/mol. The van der Waals surface area contributed by atoms with Gasteiger partial charge in [-0.15, -0.1) is 0 Å². The fourth-order valence-corrected chi connectivity index (χ4v) is 8.48. The molecule has 0 bridgehead atoms. The van der Waals surface area contributed by atoms with Gasteiger partial charge in [0.05, 0.1) is 0 Å². The molecule has 0 aliphatic carbocycles. The molecule has 0 fully saturated rings. The van der Waals surface area contributed by atoms with Crippen LogP contribution in [0.1, 0.15) is 303 Å². The number of rotatable bonds is 54. The zero-order chi connectivity index (χ0) is 50.0. The molecule has 6 nitrogen and oxygen atoms in total. The summed E-state index contributed by atoms with van der Waals surface area (Å²) >= 11 is 0. The molecule has 0 aromatic rings. The molecule has 0 N–H and O–H groups in total. The van der Waals surface area contributed by atoms with Crippen LogP contribution in [0, 0.1) is 0 Å². The highest BCUT2D eigenvalue weighted by atomic mass is 16.6. The summed E-state index contributed by atoms with van der Waals surface area (Å²) in [5.74, 6) is -0.886. The van der Waals surface area contributed by atoms with Gasteiger partial charge >= 0.3 is 17.9 Å². The summed E-state index contributed by atoms with van der Waals surface area (Å²) in [6, 6.07) is 0. The maximum absolute atomic E-state index is 12.9. The molecule has 0 saturated carbocycles. The molecular formula is C63H112O6. The van der Waals surface area contributed by atoms with E-state index in [1.54, 1.807) is 0 Å². The maximum Gasteiger partial charge on any atom is 0.306 e. The number of carbonyl (C=O) groups is 3. The van der Waals surface area contributed by atoms with Gasteiger partial charge in [-0.1, -0.05) is 255 Å². The van der Waals surface area contributed by atoms with Gasteiger partial charge in [0.2, 0.25) is 0 Å². The third-order valence-electron chi connectivity index (χ3n) is 13.0. The van der Waals surface area contributed by atoms with Crippen molar-refractivity contribution in [3.05, 3.63) is 60.8 Å². The molecule has 0 rings (SSSR count). The predicted molar refractivity (Wildman–Crippen MR) is 298 cm³/mol. The van der Waals surface area contributed by atoms with E-state index in [2.05, 4.69) is 81.5 Å². The maximum atomic E-state index is 12.9. The summed E-state index contributed by atoms with van der Waals surface area (Å²) in [5.41, 5.74) is 0. The van der Waals surface area contributed by atoms with E-state index in [1.807, 2.05) is 0 Å². The van der Waals surface area contributed by atoms with Crippen LogP contribution in [0.2, 0.25) is 0 Å². The van der Waals surface area contributed by atoms with E-state index in [0.29, 0.717) is 19.3 Å². The molecule has 1 unspecified atom stereocenters. The minimum atomic E-state index is -0.783. The first-order chi connectivity index (χ1) is 34.0. The Morgan fingerprint density at radius 1 is 0.290 bits per heavy atom. The zero-order valence-corrected chi connectivity index (χ0v) is 45.8. The van der Waals surface area contributed by atoms with Crippen molar-refractivity contribution in [3.8, 4) is 0 Å². The molecule has 0 saturated heterocycles. The van der Waals surface area contributed by atoms with Crippen LogP contribution >= 0.6 is 0 Å². The Bertz CT molecular complexity index is 1250. The summed E-state index contributed by atoms with van der Waals surface area (Å²) in [6.45, 7) is 6.61. The topological polar surface area (TPSA) is 78.9 Å². The lowest BCUT2D eigenvalue weighted by Crippen LogP contribution is -2.30. The smallest absolute Gasteiger partial charge is 0.306 e. The number of unbranched alkanes of at least 4 members (excludes halogenated alkanes) is 33. The van der Waals surface area contributed by atoms with Gasteiger partial charge in [0, 0.05) is 19.3 Å². The van der Waals surface area contributed by atoms with Crippen LogP contribution in [0.15, 0.2) is 60.8 Å². The number of hydrogen-bond acceptors (Lipinski definition) is 6. The third kappa shape index (κ3) is 55.9. The summed E-state index contributed by atoms with van der Waals surface area (Å²) in [4.78, 5) is 38.2. The highest BCUT2D eigenvalue weighted by molar-refractivity contribution is 5.71. The Morgan fingerprint density at radius 2 is 0.522 bits per heavy atom. The van der Waals surface area contributed by atoms with Crippen LogP contribution in [0.4, 0.5) is 0 Å². The average Bonchev–Trinajstić information content (AvgIpc) is 3.35. The van der Waals surface area contributed by atoms with E-state index in [4.69, 9.17) is 14.2 Å². The van der Waals surface area contributed by atoms with Crippen molar-refractivity contribution >= 4 is 17.9 Å². The second kappa shape index (κ2) is 57.7. The monoisotopic (exact) mass is 965 g/mol. The Labute approximate surface area is 428 Å². The van der Waals surface area contributed by atoms with E-state index >= 15 is 0 Å². The van der Waals surface area contributed by atoms with E-state index in [1.165, 1.54) is 173 Å². The summed E-state index contributed by atoms with van der Waals surface area (Å²) < 4.78 is 16.9. The molecule has 0 radical (unpaired) electrons. The van der Waals surface area contributed by atoms with Crippen LogP contribution in [0.3, 0.4) is 0 Å². The normalized spacial score (nSPS) is 12.4. The first-order valence-corrected chi connectivity index (χ1v) is 29.8. The van der Waals surface area contributed by atoms with Gasteiger partial charge in [-0.05, 0) is 89.9 Å². The van der Waals surface area contributed by atoms with E-state index in [0.717, 1.165) is 89.9 Å². The minimum absolute atomic E-state index is 0.0792. The predicted octanol–water partition coefficient (Wildman–Crippen LogP) is 20.0. The van der Waals surface area contributed by atoms with Crippen molar-refractivity contribution < 1.29 is 28.6 Å². The largest absolute Gasteiger partial charge is 0.462 e. The molecule has 0 aliphatic rings. The minimum Gasteiger partial charge on any atom is -0.462 e. The van der Waals surface area contributed by atoms with Gasteiger partial charge in [-0.25, -0.2) is 0 Å². The Morgan fingerprint density at radius 3 is 0.855 bits per heavy atom. The molecule has 69 heavy (non-hydrogen) atoms. The average molecular weight is 966 g/mol. The van der Waals surface area contributed by atoms with Crippen molar-refractivity contribution in [2.24, 2.45) is 0 Å². The SMILES string of the molecule is CCCCC/C=C\C/C=C\C/C=C\CCCCCCCCC(=O)OCC(COC(=O)CCCCCCCCCCCCCCCC)OC(=O)CCCCCCCCC/C=C\C/C=C\CCCCCC. The number of allylic oxidation sites excluding steroid dienone is 10. The van der Waals surface area contributed by atoms with Gasteiger partial charge in [0.15, 0.2) is 6.10 Å². The molecule has 0 aliphatic heterocycles. The van der Waals surface area contributed by atoms with Crippen molar-refractivity contribution in [1.82, 2.24) is 0 Å². The zero-order valence-electron chi connectivity index (χ0n) is 45.8. The molecule has 0 aromatic heterocycles. The Balaban J connectivity index is 4.39. The second-order valence-electron chi connectivity index (χ2n) is 19.9. The third-order valence-corrected chi connectivity index (χ3v) is 13.0. The van der Waals surface area contributed by atoms with Crippen molar-refractivity contribution in [1.29, 1.82) is 0 Å². The number of esters is 3. The molecule has 0 heterocycles. The van der Waals surface area contributed by atoms with E-state index in [-0.39, 0.29) is 31.1 Å². The van der Waals surface area contributed by atoms with Gasteiger partial charge in [0.25, 0.3) is 0 Å². The second-order valence-corrected chi connectivity index (χ2v) is 19.9. The number of hydrogen-bond donors (Lipinski definition) is 0. The van der Waals surface area contributed by atoms with Gasteiger partial charge in [-0.3, -0.25) is 14.4 Å².